The zero-order valence-corrected chi connectivity index (χ0v) is 17.2. The summed E-state index contributed by atoms with van der Waals surface area (Å²) >= 11 is 16.6. The van der Waals surface area contributed by atoms with Crippen molar-refractivity contribution in [2.24, 2.45) is 0 Å². The molecule has 0 fully saturated rings. The molecule has 0 radical (unpaired) electrons. The lowest BCUT2D eigenvalue weighted by molar-refractivity contribution is -0.124. The van der Waals surface area contributed by atoms with Crippen molar-refractivity contribution in [3.8, 4) is 0 Å². The predicted molar refractivity (Wildman–Crippen MR) is 114 cm³/mol. The SMILES string of the molecule is O=C(/C=C/c1ccco1)NC(=S)NNC(=O)CCC(=O)Nc1ccc(Cl)cc1Cl. The van der Waals surface area contributed by atoms with Crippen LogP contribution in [0.1, 0.15) is 18.6 Å². The molecule has 0 saturated heterocycles. The second kappa shape index (κ2) is 11.2. The molecule has 0 aliphatic heterocycles. The van der Waals surface area contributed by atoms with Gasteiger partial charge in [-0.25, -0.2) is 0 Å². The molecule has 2 rings (SSSR count). The maximum absolute atomic E-state index is 11.9. The van der Waals surface area contributed by atoms with Gasteiger partial charge in [0.1, 0.15) is 5.76 Å². The van der Waals surface area contributed by atoms with Gasteiger partial charge in [-0.05, 0) is 48.6 Å². The smallest absolute Gasteiger partial charge is 0.250 e. The number of benzene rings is 1. The van der Waals surface area contributed by atoms with E-state index in [1.54, 1.807) is 24.3 Å². The lowest BCUT2D eigenvalue weighted by Gasteiger charge is -2.10. The van der Waals surface area contributed by atoms with Crippen LogP contribution in [-0.4, -0.2) is 22.8 Å². The number of nitrogens with one attached hydrogen (secondary N) is 4. The molecule has 0 aliphatic carbocycles. The lowest BCUT2D eigenvalue weighted by Crippen LogP contribution is -2.48. The zero-order valence-electron chi connectivity index (χ0n) is 14.8. The molecule has 0 bridgehead atoms. The summed E-state index contributed by atoms with van der Waals surface area (Å²) in [4.78, 5) is 35.4. The third-order valence-electron chi connectivity index (χ3n) is 3.28. The Hall–Kier alpha value is -2.88. The Morgan fingerprint density at radius 3 is 2.52 bits per heavy atom. The van der Waals surface area contributed by atoms with E-state index in [9.17, 15) is 14.4 Å². The highest BCUT2D eigenvalue weighted by Crippen LogP contribution is 2.25. The van der Waals surface area contributed by atoms with E-state index in [-0.39, 0.29) is 18.0 Å². The minimum absolute atomic E-state index is 0.0858. The van der Waals surface area contributed by atoms with Crippen LogP contribution in [0.15, 0.2) is 47.1 Å². The first kappa shape index (κ1) is 22.4. The molecule has 1 heterocycles. The fourth-order valence-corrected chi connectivity index (χ4v) is 2.56. The monoisotopic (exact) mass is 454 g/mol. The summed E-state index contributed by atoms with van der Waals surface area (Å²) in [6.07, 6.45) is 3.96. The molecule has 29 heavy (non-hydrogen) atoms. The average molecular weight is 455 g/mol. The summed E-state index contributed by atoms with van der Waals surface area (Å²) in [5.41, 5.74) is 5.05. The molecule has 11 heteroatoms. The van der Waals surface area contributed by atoms with Crippen molar-refractivity contribution in [3.05, 3.63) is 58.5 Å². The lowest BCUT2D eigenvalue weighted by atomic mass is 10.2. The van der Waals surface area contributed by atoms with Crippen molar-refractivity contribution in [2.75, 3.05) is 5.32 Å². The second-order valence-electron chi connectivity index (χ2n) is 5.51. The fraction of sp³-hybridized carbons (Fsp3) is 0.111. The molecule has 2 aromatic rings. The number of furan rings is 1. The van der Waals surface area contributed by atoms with Crippen molar-refractivity contribution < 1.29 is 18.8 Å². The van der Waals surface area contributed by atoms with Gasteiger partial charge in [-0.2, -0.15) is 0 Å². The second-order valence-corrected chi connectivity index (χ2v) is 6.76. The minimum Gasteiger partial charge on any atom is -0.465 e. The highest BCUT2D eigenvalue weighted by Gasteiger charge is 2.10. The Morgan fingerprint density at radius 1 is 1.07 bits per heavy atom. The molecule has 0 aliphatic rings. The Bertz CT molecular complexity index is 932. The Balaban J connectivity index is 1.66. The summed E-state index contributed by atoms with van der Waals surface area (Å²) in [5.74, 6) is -0.897. The van der Waals surface area contributed by atoms with Gasteiger partial charge in [0.2, 0.25) is 17.7 Å². The van der Waals surface area contributed by atoms with Crippen LogP contribution in [0.3, 0.4) is 0 Å². The van der Waals surface area contributed by atoms with Crippen LogP contribution >= 0.6 is 35.4 Å². The Kier molecular flexibility index (Phi) is 8.66. The summed E-state index contributed by atoms with van der Waals surface area (Å²) in [5, 5.41) is 5.55. The van der Waals surface area contributed by atoms with E-state index in [0.29, 0.717) is 21.5 Å². The standard InChI is InChI=1S/C18H16Cl2N4O4S/c19-11-3-5-14(13(20)10-11)21-15(25)7-8-17(27)23-24-18(29)22-16(26)6-4-12-2-1-9-28-12/h1-6,9-10H,7-8H2,(H,21,25)(H,23,27)(H2,22,24,26,29)/b6-4+. The van der Waals surface area contributed by atoms with E-state index in [0.717, 1.165) is 0 Å². The number of halogens is 2. The van der Waals surface area contributed by atoms with Crippen LogP contribution in [-0.2, 0) is 14.4 Å². The minimum atomic E-state index is -0.507. The summed E-state index contributed by atoms with van der Waals surface area (Å²) in [7, 11) is 0. The molecular weight excluding hydrogens is 439 g/mol. The maximum atomic E-state index is 11.9. The van der Waals surface area contributed by atoms with Gasteiger partial charge < -0.3 is 9.73 Å². The molecular formula is C18H16Cl2N4O4S. The first-order chi connectivity index (χ1) is 13.8. The largest absolute Gasteiger partial charge is 0.465 e. The van der Waals surface area contributed by atoms with E-state index in [1.807, 2.05) is 0 Å². The molecule has 4 N–H and O–H groups in total. The number of hydrazine groups is 1. The number of rotatable bonds is 6. The van der Waals surface area contributed by atoms with Crippen molar-refractivity contribution in [3.63, 3.8) is 0 Å². The first-order valence-electron chi connectivity index (χ1n) is 8.20. The van der Waals surface area contributed by atoms with Crippen LogP contribution in [0.5, 0.6) is 0 Å². The van der Waals surface area contributed by atoms with Gasteiger partial charge in [0.15, 0.2) is 5.11 Å². The Morgan fingerprint density at radius 2 is 1.83 bits per heavy atom. The summed E-state index contributed by atoms with van der Waals surface area (Å²) in [6.45, 7) is 0. The number of carbonyl (C=O) groups is 3. The molecule has 0 unspecified atom stereocenters. The van der Waals surface area contributed by atoms with Crippen LogP contribution < -0.4 is 21.5 Å². The molecule has 3 amide bonds. The van der Waals surface area contributed by atoms with Gasteiger partial charge in [0.05, 0.1) is 17.0 Å². The normalized spacial score (nSPS) is 10.4. The fourth-order valence-electron chi connectivity index (χ4n) is 1.95. The van der Waals surface area contributed by atoms with Gasteiger partial charge in [-0.3, -0.25) is 30.6 Å². The van der Waals surface area contributed by atoms with Gasteiger partial charge in [-0.1, -0.05) is 23.2 Å². The molecule has 8 nitrogen and oxygen atoms in total. The summed E-state index contributed by atoms with van der Waals surface area (Å²) in [6, 6.07) is 8.00. The van der Waals surface area contributed by atoms with Crippen molar-refractivity contribution >= 4 is 70.0 Å². The molecule has 0 saturated carbocycles. The van der Waals surface area contributed by atoms with Crippen LogP contribution in [0.2, 0.25) is 10.0 Å². The van der Waals surface area contributed by atoms with E-state index < -0.39 is 17.7 Å². The molecule has 1 aromatic heterocycles. The maximum Gasteiger partial charge on any atom is 0.250 e. The zero-order chi connectivity index (χ0) is 21.2. The quantitative estimate of drug-likeness (QED) is 0.303. The third kappa shape index (κ3) is 8.34. The van der Waals surface area contributed by atoms with Crippen LogP contribution in [0.25, 0.3) is 6.08 Å². The van der Waals surface area contributed by atoms with Gasteiger partial charge in [-0.15, -0.1) is 0 Å². The van der Waals surface area contributed by atoms with Gasteiger partial charge in [0, 0.05) is 23.9 Å². The topological polar surface area (TPSA) is 112 Å². The van der Waals surface area contributed by atoms with Gasteiger partial charge in [0.25, 0.3) is 0 Å². The van der Waals surface area contributed by atoms with E-state index in [2.05, 4.69) is 21.5 Å². The summed E-state index contributed by atoms with van der Waals surface area (Å²) < 4.78 is 5.05. The van der Waals surface area contributed by atoms with Crippen molar-refractivity contribution in [2.45, 2.75) is 12.8 Å². The number of hydrogen-bond donors (Lipinski definition) is 4. The number of hydrogen-bond acceptors (Lipinski definition) is 5. The number of anilines is 1. The average Bonchev–Trinajstić information content (AvgIpc) is 3.19. The molecule has 0 atom stereocenters. The van der Waals surface area contributed by atoms with E-state index >= 15 is 0 Å². The molecule has 0 spiro atoms. The Labute approximate surface area is 181 Å². The van der Waals surface area contributed by atoms with Crippen LogP contribution in [0.4, 0.5) is 5.69 Å². The van der Waals surface area contributed by atoms with Gasteiger partial charge >= 0.3 is 0 Å². The molecule has 1 aromatic carbocycles. The highest BCUT2D eigenvalue weighted by molar-refractivity contribution is 7.80. The number of carbonyl (C=O) groups excluding carboxylic acids is 3. The van der Waals surface area contributed by atoms with E-state index in [1.165, 1.54) is 24.5 Å². The highest BCUT2D eigenvalue weighted by atomic mass is 35.5. The third-order valence-corrected chi connectivity index (χ3v) is 4.03. The number of thiocarbonyl (C=S) groups is 1. The van der Waals surface area contributed by atoms with E-state index in [4.69, 9.17) is 39.8 Å². The predicted octanol–water partition coefficient (Wildman–Crippen LogP) is 3.04. The number of amides is 3. The first-order valence-corrected chi connectivity index (χ1v) is 9.36. The molecule has 152 valence electrons. The van der Waals surface area contributed by atoms with Crippen LogP contribution in [0, 0.1) is 0 Å². The van der Waals surface area contributed by atoms with Crippen molar-refractivity contribution in [1.82, 2.24) is 16.2 Å². The van der Waals surface area contributed by atoms with Crippen molar-refractivity contribution in [1.29, 1.82) is 0 Å².